The molecule has 2 rings (SSSR count). The third-order valence-corrected chi connectivity index (χ3v) is 4.43. The molecule has 110 valence electrons. The number of hydrogen-bond acceptors (Lipinski definition) is 2. The van der Waals surface area contributed by atoms with Gasteiger partial charge in [0, 0.05) is 5.69 Å². The van der Waals surface area contributed by atoms with Crippen molar-refractivity contribution in [3.05, 3.63) is 29.6 Å². The first-order chi connectivity index (χ1) is 9.45. The smallest absolute Gasteiger partial charge is 0.243 e. The zero-order valence-electron chi connectivity index (χ0n) is 12.2. The minimum atomic E-state index is -0.730. The van der Waals surface area contributed by atoms with Crippen LogP contribution in [0.15, 0.2) is 18.2 Å². The van der Waals surface area contributed by atoms with E-state index in [1.54, 1.807) is 0 Å². The van der Waals surface area contributed by atoms with E-state index in [1.807, 2.05) is 13.0 Å². The van der Waals surface area contributed by atoms with Crippen LogP contribution < -0.4 is 11.1 Å². The van der Waals surface area contributed by atoms with Crippen LogP contribution in [0.5, 0.6) is 0 Å². The molecule has 0 spiro atoms. The van der Waals surface area contributed by atoms with Crippen molar-refractivity contribution in [2.75, 3.05) is 5.32 Å². The fourth-order valence-electron chi connectivity index (χ4n) is 3.10. The molecule has 1 aromatic rings. The van der Waals surface area contributed by atoms with Gasteiger partial charge in [0.2, 0.25) is 5.91 Å². The molecule has 1 amide bonds. The van der Waals surface area contributed by atoms with Gasteiger partial charge in [-0.15, -0.1) is 0 Å². The average Bonchev–Trinajstić information content (AvgIpc) is 2.38. The number of amides is 1. The molecule has 0 saturated heterocycles. The molecule has 1 fully saturated rings. The summed E-state index contributed by atoms with van der Waals surface area (Å²) in [6.07, 6.45) is 4.54. The molecular weight excluding hydrogens is 255 g/mol. The molecule has 0 atom stereocenters. The van der Waals surface area contributed by atoms with Gasteiger partial charge in [-0.2, -0.15) is 0 Å². The first kappa shape index (κ1) is 14.8. The van der Waals surface area contributed by atoms with Crippen LogP contribution in [-0.4, -0.2) is 11.4 Å². The lowest BCUT2D eigenvalue weighted by Gasteiger charge is -2.39. The fourth-order valence-corrected chi connectivity index (χ4v) is 3.10. The van der Waals surface area contributed by atoms with Gasteiger partial charge >= 0.3 is 0 Å². The van der Waals surface area contributed by atoms with E-state index in [0.29, 0.717) is 11.6 Å². The predicted molar refractivity (Wildman–Crippen MR) is 78.9 cm³/mol. The van der Waals surface area contributed by atoms with Crippen LogP contribution in [0.3, 0.4) is 0 Å². The predicted octanol–water partition coefficient (Wildman–Crippen LogP) is 3.37. The van der Waals surface area contributed by atoms with Crippen LogP contribution >= 0.6 is 0 Å². The lowest BCUT2D eigenvalue weighted by Crippen LogP contribution is -2.52. The van der Waals surface area contributed by atoms with Gasteiger partial charge in [0.1, 0.15) is 11.4 Å². The van der Waals surface area contributed by atoms with Crippen molar-refractivity contribution in [2.45, 2.75) is 51.5 Å². The van der Waals surface area contributed by atoms with E-state index in [2.05, 4.69) is 12.2 Å². The van der Waals surface area contributed by atoms with Crippen molar-refractivity contribution < 1.29 is 9.18 Å². The maximum Gasteiger partial charge on any atom is 0.243 e. The minimum Gasteiger partial charge on any atom is -0.371 e. The van der Waals surface area contributed by atoms with Gasteiger partial charge in [-0.1, -0.05) is 13.3 Å². The number of aryl methyl sites for hydroxylation is 1. The zero-order chi connectivity index (χ0) is 14.8. The van der Waals surface area contributed by atoms with Crippen molar-refractivity contribution in [2.24, 2.45) is 11.7 Å². The summed E-state index contributed by atoms with van der Waals surface area (Å²) in [6.45, 7) is 4.00. The number of rotatable bonds is 4. The van der Waals surface area contributed by atoms with Gasteiger partial charge in [0.15, 0.2) is 0 Å². The normalized spacial score (nSPS) is 26.2. The van der Waals surface area contributed by atoms with Gasteiger partial charge in [-0.3, -0.25) is 4.79 Å². The van der Waals surface area contributed by atoms with E-state index < -0.39 is 5.54 Å². The standard InChI is InChI=1S/C16H23FN2O/c1-3-12-4-6-16(7-5-12,15(18)20)19-14-9-11(2)8-13(17)10-14/h8-10,12,19H,3-7H2,1-2H3,(H2,18,20). The highest BCUT2D eigenvalue weighted by Gasteiger charge is 2.40. The van der Waals surface area contributed by atoms with Gasteiger partial charge in [0.25, 0.3) is 0 Å². The molecule has 1 aliphatic rings. The molecule has 0 aliphatic heterocycles. The van der Waals surface area contributed by atoms with Crippen LogP contribution in [0, 0.1) is 18.7 Å². The number of carbonyl (C=O) groups excluding carboxylic acids is 1. The van der Waals surface area contributed by atoms with E-state index in [-0.39, 0.29) is 11.7 Å². The number of hydrogen-bond donors (Lipinski definition) is 2. The number of nitrogens with one attached hydrogen (secondary N) is 1. The Morgan fingerprint density at radius 2 is 2.05 bits per heavy atom. The fraction of sp³-hybridized carbons (Fsp3) is 0.562. The van der Waals surface area contributed by atoms with Crippen LogP contribution in [0.4, 0.5) is 10.1 Å². The lowest BCUT2D eigenvalue weighted by atomic mass is 9.75. The van der Waals surface area contributed by atoms with Crippen LogP contribution in [0.2, 0.25) is 0 Å². The molecule has 1 aliphatic carbocycles. The van der Waals surface area contributed by atoms with Crippen molar-refractivity contribution in [1.29, 1.82) is 0 Å². The van der Waals surface area contributed by atoms with Crippen LogP contribution in [-0.2, 0) is 4.79 Å². The molecule has 3 nitrogen and oxygen atoms in total. The number of anilines is 1. The monoisotopic (exact) mass is 278 g/mol. The molecule has 0 unspecified atom stereocenters. The van der Waals surface area contributed by atoms with Crippen molar-refractivity contribution in [1.82, 2.24) is 0 Å². The Labute approximate surface area is 119 Å². The molecule has 1 aromatic carbocycles. The molecule has 0 radical (unpaired) electrons. The molecule has 0 bridgehead atoms. The van der Waals surface area contributed by atoms with Gasteiger partial charge in [0.05, 0.1) is 0 Å². The number of nitrogens with two attached hydrogens (primary N) is 1. The minimum absolute atomic E-state index is 0.297. The van der Waals surface area contributed by atoms with E-state index in [0.717, 1.165) is 37.7 Å². The maximum atomic E-state index is 13.5. The van der Waals surface area contributed by atoms with Crippen LogP contribution in [0.25, 0.3) is 0 Å². The number of carbonyl (C=O) groups is 1. The second-order valence-electron chi connectivity index (χ2n) is 5.94. The summed E-state index contributed by atoms with van der Waals surface area (Å²) >= 11 is 0. The third kappa shape index (κ3) is 3.11. The van der Waals surface area contributed by atoms with Crippen molar-refractivity contribution >= 4 is 11.6 Å². The van der Waals surface area contributed by atoms with E-state index in [9.17, 15) is 9.18 Å². The van der Waals surface area contributed by atoms with E-state index >= 15 is 0 Å². The topological polar surface area (TPSA) is 55.1 Å². The van der Waals surface area contributed by atoms with Gasteiger partial charge in [-0.05, 0) is 62.3 Å². The van der Waals surface area contributed by atoms with E-state index in [4.69, 9.17) is 5.73 Å². The summed E-state index contributed by atoms with van der Waals surface area (Å²) in [4.78, 5) is 11.9. The molecule has 3 N–H and O–H groups in total. The second kappa shape index (κ2) is 5.81. The molecule has 4 heteroatoms. The summed E-state index contributed by atoms with van der Waals surface area (Å²) in [5, 5.41) is 3.21. The number of benzene rings is 1. The summed E-state index contributed by atoms with van der Waals surface area (Å²) in [7, 11) is 0. The first-order valence-electron chi connectivity index (χ1n) is 7.30. The molecule has 0 heterocycles. The molecule has 0 aromatic heterocycles. The Bertz CT molecular complexity index is 473. The van der Waals surface area contributed by atoms with Gasteiger partial charge < -0.3 is 11.1 Å². The second-order valence-corrected chi connectivity index (χ2v) is 5.94. The molecular formula is C16H23FN2O. The summed E-state index contributed by atoms with van der Waals surface area (Å²) < 4.78 is 13.5. The highest BCUT2D eigenvalue weighted by Crippen LogP contribution is 2.36. The van der Waals surface area contributed by atoms with Crippen LogP contribution in [0.1, 0.15) is 44.6 Å². The summed E-state index contributed by atoms with van der Waals surface area (Å²) in [5.74, 6) is 0.0295. The summed E-state index contributed by atoms with van der Waals surface area (Å²) in [5.41, 5.74) is 6.35. The van der Waals surface area contributed by atoms with E-state index in [1.165, 1.54) is 12.1 Å². The van der Waals surface area contributed by atoms with Crippen molar-refractivity contribution in [3.63, 3.8) is 0 Å². The Hall–Kier alpha value is -1.58. The Balaban J connectivity index is 2.20. The van der Waals surface area contributed by atoms with Crippen molar-refractivity contribution in [3.8, 4) is 0 Å². The number of halogens is 1. The Kier molecular flexibility index (Phi) is 4.31. The SMILES string of the molecule is CCC1CCC(Nc2cc(C)cc(F)c2)(C(N)=O)CC1. The first-order valence-corrected chi connectivity index (χ1v) is 7.30. The maximum absolute atomic E-state index is 13.5. The lowest BCUT2D eigenvalue weighted by molar-refractivity contribution is -0.123. The molecule has 1 saturated carbocycles. The highest BCUT2D eigenvalue weighted by atomic mass is 19.1. The molecule has 20 heavy (non-hydrogen) atoms. The Morgan fingerprint density at radius 1 is 1.40 bits per heavy atom. The zero-order valence-corrected chi connectivity index (χ0v) is 12.2. The summed E-state index contributed by atoms with van der Waals surface area (Å²) in [6, 6.07) is 4.74. The third-order valence-electron chi connectivity index (χ3n) is 4.43. The van der Waals surface area contributed by atoms with Gasteiger partial charge in [-0.25, -0.2) is 4.39 Å². The Morgan fingerprint density at radius 3 is 2.55 bits per heavy atom. The number of primary amides is 1. The highest BCUT2D eigenvalue weighted by molar-refractivity contribution is 5.88. The quantitative estimate of drug-likeness (QED) is 0.887. The average molecular weight is 278 g/mol. The largest absolute Gasteiger partial charge is 0.371 e.